The van der Waals surface area contributed by atoms with Crippen LogP contribution in [0.2, 0.25) is 0 Å². The summed E-state index contributed by atoms with van der Waals surface area (Å²) in [7, 11) is 0. The second-order valence-electron chi connectivity index (χ2n) is 5.42. The molecular formula is C14H28. The predicted molar refractivity (Wildman–Crippen MR) is 66.5 cm³/mol. The molecule has 0 radical (unpaired) electrons. The standard InChI is InChI=1S/C14H28/c1-6-8-10-13(9-7-2)11-12-14(3,4)5/h11-13H,6-10H2,1-5H3. The third-order valence-electron chi connectivity index (χ3n) is 2.46. The van der Waals surface area contributed by atoms with E-state index in [1.807, 2.05) is 0 Å². The molecule has 84 valence electrons. The van der Waals surface area contributed by atoms with E-state index in [-0.39, 0.29) is 0 Å². The van der Waals surface area contributed by atoms with Crippen molar-refractivity contribution in [1.82, 2.24) is 0 Å². The number of hydrogen-bond donors (Lipinski definition) is 0. The first-order valence-corrected chi connectivity index (χ1v) is 6.19. The molecule has 0 heteroatoms. The Balaban J connectivity index is 4.01. The van der Waals surface area contributed by atoms with Gasteiger partial charge in [-0.25, -0.2) is 0 Å². The van der Waals surface area contributed by atoms with Crippen molar-refractivity contribution in [3.8, 4) is 0 Å². The highest BCUT2D eigenvalue weighted by Crippen LogP contribution is 2.21. The van der Waals surface area contributed by atoms with Crippen LogP contribution in [0.1, 0.15) is 66.7 Å². The van der Waals surface area contributed by atoms with E-state index < -0.39 is 0 Å². The Hall–Kier alpha value is -0.260. The molecule has 0 aromatic carbocycles. The topological polar surface area (TPSA) is 0 Å². The van der Waals surface area contributed by atoms with Crippen LogP contribution in [-0.4, -0.2) is 0 Å². The van der Waals surface area contributed by atoms with Gasteiger partial charge in [-0.2, -0.15) is 0 Å². The monoisotopic (exact) mass is 196 g/mol. The molecule has 0 heterocycles. The first-order valence-electron chi connectivity index (χ1n) is 6.19. The van der Waals surface area contributed by atoms with Crippen molar-refractivity contribution in [3.63, 3.8) is 0 Å². The SMILES string of the molecule is CCCCC(C=CC(C)(C)C)CCC. The molecular weight excluding hydrogens is 168 g/mol. The second-order valence-corrected chi connectivity index (χ2v) is 5.42. The van der Waals surface area contributed by atoms with E-state index in [1.54, 1.807) is 0 Å². The van der Waals surface area contributed by atoms with Crippen molar-refractivity contribution in [1.29, 1.82) is 0 Å². The predicted octanol–water partition coefficient (Wildman–Crippen LogP) is 5.20. The van der Waals surface area contributed by atoms with Crippen molar-refractivity contribution in [2.75, 3.05) is 0 Å². The summed E-state index contributed by atoms with van der Waals surface area (Å²) in [6.07, 6.45) is 11.6. The van der Waals surface area contributed by atoms with Crippen molar-refractivity contribution in [3.05, 3.63) is 12.2 Å². The summed E-state index contributed by atoms with van der Waals surface area (Å²) >= 11 is 0. The van der Waals surface area contributed by atoms with Crippen LogP contribution in [0.15, 0.2) is 12.2 Å². The zero-order valence-corrected chi connectivity index (χ0v) is 10.8. The minimum absolute atomic E-state index is 0.345. The third-order valence-corrected chi connectivity index (χ3v) is 2.46. The summed E-state index contributed by atoms with van der Waals surface area (Å²) in [4.78, 5) is 0. The Morgan fingerprint density at radius 3 is 2.07 bits per heavy atom. The fourth-order valence-electron chi connectivity index (χ4n) is 1.60. The molecule has 0 amide bonds. The molecule has 0 aromatic rings. The second kappa shape index (κ2) is 7.09. The van der Waals surface area contributed by atoms with Gasteiger partial charge in [-0.3, -0.25) is 0 Å². The Labute approximate surface area is 90.8 Å². The van der Waals surface area contributed by atoms with Crippen LogP contribution in [-0.2, 0) is 0 Å². The van der Waals surface area contributed by atoms with Crippen LogP contribution in [0.3, 0.4) is 0 Å². The molecule has 14 heavy (non-hydrogen) atoms. The third kappa shape index (κ3) is 8.34. The summed E-state index contributed by atoms with van der Waals surface area (Å²) in [6, 6.07) is 0. The summed E-state index contributed by atoms with van der Waals surface area (Å²) in [5.74, 6) is 0.819. The van der Waals surface area contributed by atoms with Crippen LogP contribution in [0, 0.1) is 11.3 Å². The quantitative estimate of drug-likeness (QED) is 0.512. The Bertz CT molecular complexity index is 148. The van der Waals surface area contributed by atoms with Crippen molar-refractivity contribution >= 4 is 0 Å². The van der Waals surface area contributed by atoms with E-state index in [0.717, 1.165) is 5.92 Å². The summed E-state index contributed by atoms with van der Waals surface area (Å²) < 4.78 is 0. The average molecular weight is 196 g/mol. The molecule has 0 aliphatic rings. The smallest absolute Gasteiger partial charge is 0.0203 e. The molecule has 0 N–H and O–H groups in total. The Morgan fingerprint density at radius 2 is 1.64 bits per heavy atom. The lowest BCUT2D eigenvalue weighted by molar-refractivity contribution is 0.492. The summed E-state index contributed by atoms with van der Waals surface area (Å²) in [5, 5.41) is 0. The van der Waals surface area contributed by atoms with Gasteiger partial charge in [0.2, 0.25) is 0 Å². The maximum Gasteiger partial charge on any atom is -0.0203 e. The fraction of sp³-hybridized carbons (Fsp3) is 0.857. The highest BCUT2D eigenvalue weighted by atomic mass is 14.1. The van der Waals surface area contributed by atoms with E-state index in [0.29, 0.717) is 5.41 Å². The zero-order valence-electron chi connectivity index (χ0n) is 10.8. The van der Waals surface area contributed by atoms with Crippen molar-refractivity contribution in [2.24, 2.45) is 11.3 Å². The molecule has 0 aliphatic heterocycles. The molecule has 1 unspecified atom stereocenters. The van der Waals surface area contributed by atoms with Gasteiger partial charge in [0, 0.05) is 0 Å². The lowest BCUT2D eigenvalue weighted by Crippen LogP contribution is -2.02. The number of allylic oxidation sites excluding steroid dienone is 2. The number of hydrogen-bond acceptors (Lipinski definition) is 0. The van der Waals surface area contributed by atoms with Gasteiger partial charge in [0.05, 0.1) is 0 Å². The lowest BCUT2D eigenvalue weighted by Gasteiger charge is -2.15. The molecule has 0 aliphatic carbocycles. The van der Waals surface area contributed by atoms with Gasteiger partial charge >= 0.3 is 0 Å². The molecule has 0 fully saturated rings. The Morgan fingerprint density at radius 1 is 1.00 bits per heavy atom. The van der Waals surface area contributed by atoms with Gasteiger partial charge in [-0.1, -0.05) is 66.0 Å². The molecule has 0 aromatic heterocycles. The van der Waals surface area contributed by atoms with Crippen LogP contribution in [0.4, 0.5) is 0 Å². The van der Waals surface area contributed by atoms with Crippen LogP contribution < -0.4 is 0 Å². The van der Waals surface area contributed by atoms with E-state index in [4.69, 9.17) is 0 Å². The van der Waals surface area contributed by atoms with Gasteiger partial charge < -0.3 is 0 Å². The van der Waals surface area contributed by atoms with Crippen LogP contribution in [0.5, 0.6) is 0 Å². The van der Waals surface area contributed by atoms with Gasteiger partial charge in [-0.05, 0) is 24.2 Å². The summed E-state index contributed by atoms with van der Waals surface area (Å²) in [5.41, 5.74) is 0.345. The van der Waals surface area contributed by atoms with E-state index in [1.165, 1.54) is 32.1 Å². The highest BCUT2D eigenvalue weighted by Gasteiger charge is 2.07. The van der Waals surface area contributed by atoms with Crippen LogP contribution >= 0.6 is 0 Å². The molecule has 0 saturated heterocycles. The minimum atomic E-state index is 0.345. The van der Waals surface area contributed by atoms with Crippen molar-refractivity contribution in [2.45, 2.75) is 66.7 Å². The normalized spacial score (nSPS) is 14.9. The maximum atomic E-state index is 2.44. The maximum absolute atomic E-state index is 2.44. The highest BCUT2D eigenvalue weighted by molar-refractivity contribution is 4.95. The van der Waals surface area contributed by atoms with Gasteiger partial charge in [0.25, 0.3) is 0 Å². The Kier molecular flexibility index (Phi) is 6.96. The van der Waals surface area contributed by atoms with Gasteiger partial charge in [0.1, 0.15) is 0 Å². The average Bonchev–Trinajstić information content (AvgIpc) is 2.08. The molecule has 1 atom stereocenters. The lowest BCUT2D eigenvalue weighted by atomic mass is 9.90. The molecule has 0 saturated carbocycles. The minimum Gasteiger partial charge on any atom is -0.0849 e. The van der Waals surface area contributed by atoms with E-state index >= 15 is 0 Å². The van der Waals surface area contributed by atoms with Crippen molar-refractivity contribution < 1.29 is 0 Å². The first-order chi connectivity index (χ1) is 6.49. The summed E-state index contributed by atoms with van der Waals surface area (Å²) in [6.45, 7) is 11.4. The zero-order chi connectivity index (χ0) is 11.0. The fourth-order valence-corrected chi connectivity index (χ4v) is 1.60. The van der Waals surface area contributed by atoms with E-state index in [9.17, 15) is 0 Å². The number of unbranched alkanes of at least 4 members (excludes halogenated alkanes) is 1. The van der Waals surface area contributed by atoms with Crippen LogP contribution in [0.25, 0.3) is 0 Å². The van der Waals surface area contributed by atoms with Gasteiger partial charge in [-0.15, -0.1) is 0 Å². The van der Waals surface area contributed by atoms with E-state index in [2.05, 4.69) is 46.8 Å². The molecule has 0 rings (SSSR count). The number of rotatable bonds is 6. The molecule has 0 spiro atoms. The largest absolute Gasteiger partial charge is 0.0849 e. The van der Waals surface area contributed by atoms with Gasteiger partial charge in [0.15, 0.2) is 0 Å². The first kappa shape index (κ1) is 13.7. The molecule has 0 nitrogen and oxygen atoms in total. The molecule has 0 bridgehead atoms.